The average molecular weight is 329 g/mol. The highest BCUT2D eigenvalue weighted by Gasteiger charge is 2.21. The van der Waals surface area contributed by atoms with Crippen molar-refractivity contribution in [3.63, 3.8) is 0 Å². The fourth-order valence-electron chi connectivity index (χ4n) is 2.04. The second-order valence-corrected chi connectivity index (χ2v) is 6.14. The predicted octanol–water partition coefficient (Wildman–Crippen LogP) is 3.82. The number of aliphatic hydroxyl groups excluding tert-OH is 1. The van der Waals surface area contributed by atoms with Crippen LogP contribution in [-0.4, -0.2) is 26.4 Å². The van der Waals surface area contributed by atoms with Crippen molar-refractivity contribution in [2.45, 2.75) is 13.0 Å². The van der Waals surface area contributed by atoms with Crippen molar-refractivity contribution in [1.82, 2.24) is 0 Å². The van der Waals surface area contributed by atoms with Gasteiger partial charge in [0, 0.05) is 16.5 Å². The van der Waals surface area contributed by atoms with Crippen molar-refractivity contribution in [1.29, 1.82) is 0 Å². The number of hydrogen-bond acceptors (Lipinski definition) is 5. The lowest BCUT2D eigenvalue weighted by Gasteiger charge is -2.17. The molecule has 0 fully saturated rings. The van der Waals surface area contributed by atoms with Crippen LogP contribution in [0.3, 0.4) is 0 Å². The Morgan fingerprint density at radius 2 is 1.57 bits per heavy atom. The molecule has 0 aliphatic rings. The van der Waals surface area contributed by atoms with E-state index in [1.807, 2.05) is 13.0 Å². The van der Waals surface area contributed by atoms with Crippen LogP contribution < -0.4 is 14.2 Å². The Kier molecular flexibility index (Phi) is 4.98. The van der Waals surface area contributed by atoms with Crippen LogP contribution in [0.25, 0.3) is 0 Å². The molecule has 0 bridgehead atoms. The van der Waals surface area contributed by atoms with E-state index >= 15 is 0 Å². The number of aryl methyl sites for hydroxylation is 1. The van der Waals surface area contributed by atoms with E-state index in [-0.39, 0.29) is 0 Å². The molecule has 114 valence electrons. The van der Waals surface area contributed by atoms with Gasteiger partial charge in [0.25, 0.3) is 0 Å². The van der Waals surface area contributed by atoms with Gasteiger partial charge in [0.2, 0.25) is 0 Å². The van der Waals surface area contributed by atoms with Gasteiger partial charge in [0.15, 0.2) is 11.5 Å². The summed E-state index contributed by atoms with van der Waals surface area (Å²) in [6.45, 7) is 1.90. The van der Waals surface area contributed by atoms with E-state index in [9.17, 15) is 5.11 Å². The topological polar surface area (TPSA) is 47.9 Å². The molecule has 0 radical (unpaired) electrons. The summed E-state index contributed by atoms with van der Waals surface area (Å²) in [6.07, 6.45) is -0.837. The van der Waals surface area contributed by atoms with E-state index in [1.54, 1.807) is 33.5 Å². The summed E-state index contributed by atoms with van der Waals surface area (Å²) in [5.41, 5.74) is 1.54. The minimum Gasteiger partial charge on any atom is -0.496 e. The first-order chi connectivity index (χ1) is 10.0. The number of rotatable bonds is 5. The Balaban J connectivity index is 2.50. The summed E-state index contributed by atoms with van der Waals surface area (Å²) >= 11 is 7.42. The normalized spacial score (nSPS) is 12.1. The highest BCUT2D eigenvalue weighted by atomic mass is 35.5. The molecule has 0 spiro atoms. The SMILES string of the molecule is COc1cc(OC)c(C(O)c2cc(C)c(Cl)s2)cc1OC. The van der Waals surface area contributed by atoms with Crippen LogP contribution in [0.15, 0.2) is 18.2 Å². The van der Waals surface area contributed by atoms with Crippen LogP contribution in [0.4, 0.5) is 0 Å². The zero-order valence-corrected chi connectivity index (χ0v) is 13.8. The van der Waals surface area contributed by atoms with Gasteiger partial charge < -0.3 is 19.3 Å². The lowest BCUT2D eigenvalue weighted by Crippen LogP contribution is -2.02. The van der Waals surface area contributed by atoms with Gasteiger partial charge in [0.05, 0.1) is 25.7 Å². The molecule has 4 nitrogen and oxygen atoms in total. The van der Waals surface area contributed by atoms with Gasteiger partial charge in [-0.05, 0) is 24.6 Å². The third-order valence-corrected chi connectivity index (χ3v) is 4.78. The number of halogens is 1. The predicted molar refractivity (Wildman–Crippen MR) is 84.2 cm³/mol. The van der Waals surface area contributed by atoms with Crippen LogP contribution in [0.2, 0.25) is 4.34 Å². The quantitative estimate of drug-likeness (QED) is 0.906. The lowest BCUT2D eigenvalue weighted by atomic mass is 10.1. The average Bonchev–Trinajstić information content (AvgIpc) is 2.84. The van der Waals surface area contributed by atoms with Crippen LogP contribution in [-0.2, 0) is 0 Å². The Hall–Kier alpha value is -1.43. The second kappa shape index (κ2) is 6.56. The Morgan fingerprint density at radius 1 is 1.00 bits per heavy atom. The Bertz CT molecular complexity index is 619. The zero-order chi connectivity index (χ0) is 15.6. The van der Waals surface area contributed by atoms with E-state index < -0.39 is 6.10 Å². The number of methoxy groups -OCH3 is 3. The molecule has 0 amide bonds. The van der Waals surface area contributed by atoms with E-state index in [0.29, 0.717) is 27.1 Å². The summed E-state index contributed by atoms with van der Waals surface area (Å²) in [5, 5.41) is 10.6. The van der Waals surface area contributed by atoms with Gasteiger partial charge in [-0.1, -0.05) is 11.6 Å². The first kappa shape index (κ1) is 15.9. The number of aliphatic hydroxyl groups is 1. The monoisotopic (exact) mass is 328 g/mol. The van der Waals surface area contributed by atoms with E-state index in [1.165, 1.54) is 11.3 Å². The number of benzene rings is 1. The highest BCUT2D eigenvalue weighted by Crippen LogP contribution is 2.41. The number of ether oxygens (including phenoxy) is 3. The second-order valence-electron chi connectivity index (χ2n) is 4.46. The van der Waals surface area contributed by atoms with Gasteiger partial charge in [-0.3, -0.25) is 0 Å². The van der Waals surface area contributed by atoms with Gasteiger partial charge in [-0.2, -0.15) is 0 Å². The largest absolute Gasteiger partial charge is 0.496 e. The highest BCUT2D eigenvalue weighted by molar-refractivity contribution is 7.16. The molecule has 1 aromatic carbocycles. The third-order valence-electron chi connectivity index (χ3n) is 3.18. The van der Waals surface area contributed by atoms with Crippen molar-refractivity contribution in [2.24, 2.45) is 0 Å². The molecule has 0 aliphatic heterocycles. The summed E-state index contributed by atoms with van der Waals surface area (Å²) in [4.78, 5) is 0.753. The van der Waals surface area contributed by atoms with Crippen molar-refractivity contribution in [3.8, 4) is 17.2 Å². The Labute approximate surface area is 132 Å². The molecule has 2 rings (SSSR count). The van der Waals surface area contributed by atoms with Gasteiger partial charge in [0.1, 0.15) is 11.9 Å². The number of hydrogen-bond donors (Lipinski definition) is 1. The minimum absolute atomic E-state index is 0.530. The van der Waals surface area contributed by atoms with Crippen LogP contribution >= 0.6 is 22.9 Å². The molecule has 1 N–H and O–H groups in total. The summed E-state index contributed by atoms with van der Waals surface area (Å²) in [6, 6.07) is 5.28. The molecule has 21 heavy (non-hydrogen) atoms. The standard InChI is InChI=1S/C15H17ClO4S/c1-8-5-13(21-15(8)16)14(17)9-6-11(19-3)12(20-4)7-10(9)18-2/h5-7,14,17H,1-4H3. The van der Waals surface area contributed by atoms with Crippen LogP contribution in [0.1, 0.15) is 22.1 Å². The van der Waals surface area contributed by atoms with Crippen LogP contribution in [0, 0.1) is 6.92 Å². The molecule has 1 aromatic heterocycles. The summed E-state index contributed by atoms with van der Waals surface area (Å²) in [7, 11) is 4.65. The number of thiophene rings is 1. The van der Waals surface area contributed by atoms with Crippen molar-refractivity contribution in [3.05, 3.63) is 38.5 Å². The third kappa shape index (κ3) is 3.10. The van der Waals surface area contributed by atoms with Gasteiger partial charge in [-0.15, -0.1) is 11.3 Å². The van der Waals surface area contributed by atoms with Crippen molar-refractivity contribution in [2.75, 3.05) is 21.3 Å². The maximum Gasteiger partial charge on any atom is 0.164 e. The van der Waals surface area contributed by atoms with Crippen molar-refractivity contribution >= 4 is 22.9 Å². The molecule has 1 unspecified atom stereocenters. The van der Waals surface area contributed by atoms with Gasteiger partial charge in [-0.25, -0.2) is 0 Å². The molecular formula is C15H17ClO4S. The Morgan fingerprint density at radius 3 is 2.05 bits per heavy atom. The maximum atomic E-state index is 10.6. The van der Waals surface area contributed by atoms with Crippen LogP contribution in [0.5, 0.6) is 17.2 Å². The maximum absolute atomic E-state index is 10.6. The fraction of sp³-hybridized carbons (Fsp3) is 0.333. The summed E-state index contributed by atoms with van der Waals surface area (Å²) in [5.74, 6) is 1.61. The lowest BCUT2D eigenvalue weighted by molar-refractivity contribution is 0.217. The molecule has 0 saturated heterocycles. The first-order valence-electron chi connectivity index (χ1n) is 6.25. The smallest absolute Gasteiger partial charge is 0.164 e. The summed E-state index contributed by atoms with van der Waals surface area (Å²) < 4.78 is 16.5. The molecular weight excluding hydrogens is 312 g/mol. The molecule has 1 atom stereocenters. The van der Waals surface area contributed by atoms with Crippen molar-refractivity contribution < 1.29 is 19.3 Å². The molecule has 6 heteroatoms. The molecule has 2 aromatic rings. The zero-order valence-electron chi connectivity index (χ0n) is 12.3. The molecule has 0 aliphatic carbocycles. The fourth-order valence-corrected chi connectivity index (χ4v) is 3.26. The van der Waals surface area contributed by atoms with E-state index in [4.69, 9.17) is 25.8 Å². The minimum atomic E-state index is -0.837. The van der Waals surface area contributed by atoms with E-state index in [2.05, 4.69) is 0 Å². The van der Waals surface area contributed by atoms with E-state index in [0.717, 1.165) is 10.4 Å². The first-order valence-corrected chi connectivity index (χ1v) is 7.45. The van der Waals surface area contributed by atoms with Gasteiger partial charge >= 0.3 is 0 Å². The molecule has 1 heterocycles. The molecule has 0 saturated carbocycles.